The Bertz CT molecular complexity index is 1340. The summed E-state index contributed by atoms with van der Waals surface area (Å²) in [5.74, 6) is -0.536. The van der Waals surface area contributed by atoms with Crippen LogP contribution in [0.5, 0.6) is 5.75 Å². The van der Waals surface area contributed by atoms with Crippen LogP contribution in [-0.4, -0.2) is 31.5 Å². The molecule has 0 fully saturated rings. The molecule has 0 aromatic heterocycles. The maximum absolute atomic E-state index is 12.4. The van der Waals surface area contributed by atoms with Crippen LogP contribution < -0.4 is 15.4 Å². The highest BCUT2D eigenvalue weighted by molar-refractivity contribution is 6.04. The Morgan fingerprint density at radius 2 is 1.40 bits per heavy atom. The number of amides is 2. The lowest BCUT2D eigenvalue weighted by Crippen LogP contribution is -2.21. The summed E-state index contributed by atoms with van der Waals surface area (Å²) in [6.45, 7) is -0.399. The number of rotatable bonds is 8. The Morgan fingerprint density at radius 1 is 0.743 bits per heavy atom. The first-order chi connectivity index (χ1) is 17.0. The highest BCUT2D eigenvalue weighted by atomic mass is 16.5. The average Bonchev–Trinajstić information content (AvgIpc) is 2.88. The largest absolute Gasteiger partial charge is 0.497 e. The summed E-state index contributed by atoms with van der Waals surface area (Å²) in [4.78, 5) is 36.9. The molecule has 4 rings (SSSR count). The van der Waals surface area contributed by atoms with E-state index in [4.69, 9.17) is 9.47 Å². The third kappa shape index (κ3) is 6.23. The molecule has 0 saturated carbocycles. The number of ether oxygens (including phenoxy) is 2. The first-order valence-corrected chi connectivity index (χ1v) is 11.0. The van der Waals surface area contributed by atoms with E-state index in [-0.39, 0.29) is 12.3 Å². The highest BCUT2D eigenvalue weighted by Gasteiger charge is 2.12. The number of fused-ring (bicyclic) bond motifs is 1. The van der Waals surface area contributed by atoms with Gasteiger partial charge in [-0.2, -0.15) is 0 Å². The number of esters is 1. The van der Waals surface area contributed by atoms with Crippen LogP contribution in [-0.2, 0) is 20.7 Å². The topological polar surface area (TPSA) is 93.7 Å². The highest BCUT2D eigenvalue weighted by Crippen LogP contribution is 2.19. The van der Waals surface area contributed by atoms with Crippen molar-refractivity contribution in [3.05, 3.63) is 102 Å². The smallest absolute Gasteiger partial charge is 0.310 e. The van der Waals surface area contributed by atoms with E-state index >= 15 is 0 Å². The Labute approximate surface area is 202 Å². The second-order valence-electron chi connectivity index (χ2n) is 7.78. The third-order valence-electron chi connectivity index (χ3n) is 5.36. The Balaban J connectivity index is 1.26. The lowest BCUT2D eigenvalue weighted by atomic mass is 10.0. The molecule has 4 aromatic rings. The lowest BCUT2D eigenvalue weighted by molar-refractivity contribution is -0.146. The summed E-state index contributed by atoms with van der Waals surface area (Å²) in [7, 11) is 1.57. The molecule has 7 heteroatoms. The Kier molecular flexibility index (Phi) is 7.37. The molecular weight excluding hydrogens is 444 g/mol. The van der Waals surface area contributed by atoms with Crippen LogP contribution in [0, 0.1) is 0 Å². The third-order valence-corrected chi connectivity index (χ3v) is 5.36. The van der Waals surface area contributed by atoms with Crippen molar-refractivity contribution in [3.8, 4) is 5.75 Å². The number of benzene rings is 4. The molecule has 0 spiro atoms. The normalized spacial score (nSPS) is 10.4. The van der Waals surface area contributed by atoms with Crippen molar-refractivity contribution in [1.82, 2.24) is 0 Å². The maximum atomic E-state index is 12.4. The molecule has 0 unspecified atom stereocenters. The van der Waals surface area contributed by atoms with E-state index in [2.05, 4.69) is 10.6 Å². The van der Waals surface area contributed by atoms with Gasteiger partial charge >= 0.3 is 5.97 Å². The van der Waals surface area contributed by atoms with Gasteiger partial charge in [0, 0.05) is 16.9 Å². The molecule has 0 radical (unpaired) electrons. The van der Waals surface area contributed by atoms with Gasteiger partial charge in [-0.15, -0.1) is 0 Å². The van der Waals surface area contributed by atoms with Crippen molar-refractivity contribution in [3.63, 3.8) is 0 Å². The summed E-state index contributed by atoms with van der Waals surface area (Å²) >= 11 is 0. The van der Waals surface area contributed by atoms with Crippen molar-refractivity contribution >= 4 is 39.9 Å². The quantitative estimate of drug-likeness (QED) is 0.362. The lowest BCUT2D eigenvalue weighted by Gasteiger charge is -2.09. The summed E-state index contributed by atoms with van der Waals surface area (Å²) in [6.07, 6.45) is 0.0760. The van der Waals surface area contributed by atoms with Crippen molar-refractivity contribution in [1.29, 1.82) is 0 Å². The van der Waals surface area contributed by atoms with E-state index in [1.807, 2.05) is 42.5 Å². The van der Waals surface area contributed by atoms with Crippen LogP contribution in [0.2, 0.25) is 0 Å². The zero-order valence-electron chi connectivity index (χ0n) is 19.1. The second kappa shape index (κ2) is 11.0. The van der Waals surface area contributed by atoms with Gasteiger partial charge < -0.3 is 20.1 Å². The average molecular weight is 469 g/mol. The van der Waals surface area contributed by atoms with Gasteiger partial charge in [-0.1, -0.05) is 42.5 Å². The van der Waals surface area contributed by atoms with Gasteiger partial charge in [-0.05, 0) is 64.9 Å². The van der Waals surface area contributed by atoms with E-state index < -0.39 is 18.5 Å². The molecule has 4 aromatic carbocycles. The number of carbonyl (C=O) groups excluding carboxylic acids is 3. The summed E-state index contributed by atoms with van der Waals surface area (Å²) in [6, 6.07) is 26.9. The first-order valence-electron chi connectivity index (χ1n) is 11.0. The van der Waals surface area contributed by atoms with Gasteiger partial charge in [-0.3, -0.25) is 14.4 Å². The molecule has 0 aliphatic rings. The maximum Gasteiger partial charge on any atom is 0.310 e. The molecular formula is C28H24N2O5. The predicted molar refractivity (Wildman–Crippen MR) is 135 cm³/mol. The summed E-state index contributed by atoms with van der Waals surface area (Å²) < 4.78 is 10.3. The van der Waals surface area contributed by atoms with Crippen LogP contribution in [0.15, 0.2) is 91.0 Å². The van der Waals surface area contributed by atoms with Crippen molar-refractivity contribution in [2.24, 2.45) is 0 Å². The molecule has 0 bridgehead atoms. The van der Waals surface area contributed by atoms with Gasteiger partial charge in [0.05, 0.1) is 13.5 Å². The number of anilines is 2. The van der Waals surface area contributed by atoms with E-state index in [9.17, 15) is 14.4 Å². The van der Waals surface area contributed by atoms with Crippen LogP contribution >= 0.6 is 0 Å². The van der Waals surface area contributed by atoms with E-state index in [0.29, 0.717) is 22.7 Å². The van der Waals surface area contributed by atoms with Gasteiger partial charge in [0.2, 0.25) is 0 Å². The molecule has 35 heavy (non-hydrogen) atoms. The second-order valence-corrected chi connectivity index (χ2v) is 7.78. The molecule has 0 aliphatic carbocycles. The Morgan fingerprint density at radius 3 is 2.14 bits per heavy atom. The molecule has 0 heterocycles. The fraction of sp³-hybridized carbons (Fsp3) is 0.107. The number of methoxy groups -OCH3 is 1. The number of hydrogen-bond acceptors (Lipinski definition) is 5. The number of carbonyl (C=O) groups is 3. The summed E-state index contributed by atoms with van der Waals surface area (Å²) in [5.41, 5.74) is 2.40. The van der Waals surface area contributed by atoms with Crippen LogP contribution in [0.3, 0.4) is 0 Å². The monoisotopic (exact) mass is 468 g/mol. The van der Waals surface area contributed by atoms with E-state index in [1.54, 1.807) is 55.6 Å². The first kappa shape index (κ1) is 23.5. The minimum atomic E-state index is -0.484. The minimum Gasteiger partial charge on any atom is -0.497 e. The standard InChI is InChI=1S/C28H24N2O5/c1-34-24-15-13-23(14-16-24)30-28(33)20-9-11-22(12-10-20)29-26(31)18-35-27(32)17-21-7-4-6-19-5-2-3-8-25(19)21/h2-16H,17-18H2,1H3,(H,29,31)(H,30,33). The molecule has 176 valence electrons. The SMILES string of the molecule is COc1ccc(NC(=O)c2ccc(NC(=O)COC(=O)Cc3cccc4ccccc34)cc2)cc1. The minimum absolute atomic E-state index is 0.0760. The molecule has 7 nitrogen and oxygen atoms in total. The van der Waals surface area contributed by atoms with Crippen molar-refractivity contribution in [2.75, 3.05) is 24.4 Å². The molecule has 2 N–H and O–H groups in total. The number of hydrogen-bond donors (Lipinski definition) is 2. The molecule has 0 atom stereocenters. The molecule has 2 amide bonds. The van der Waals surface area contributed by atoms with Gasteiger partial charge in [0.25, 0.3) is 11.8 Å². The summed E-state index contributed by atoms with van der Waals surface area (Å²) in [5, 5.41) is 7.47. The molecule has 0 saturated heterocycles. The fourth-order valence-electron chi connectivity index (χ4n) is 3.58. The van der Waals surface area contributed by atoms with Crippen molar-refractivity contribution < 1.29 is 23.9 Å². The Hall–Kier alpha value is -4.65. The molecule has 0 aliphatic heterocycles. The van der Waals surface area contributed by atoms with Crippen LogP contribution in [0.25, 0.3) is 10.8 Å². The number of nitrogens with one attached hydrogen (secondary N) is 2. The van der Waals surface area contributed by atoms with E-state index in [0.717, 1.165) is 16.3 Å². The fourth-order valence-corrected chi connectivity index (χ4v) is 3.58. The van der Waals surface area contributed by atoms with Gasteiger partial charge in [0.15, 0.2) is 6.61 Å². The zero-order valence-corrected chi connectivity index (χ0v) is 19.1. The predicted octanol–water partition coefficient (Wildman–Crippen LogP) is 4.83. The van der Waals surface area contributed by atoms with Crippen molar-refractivity contribution in [2.45, 2.75) is 6.42 Å². The van der Waals surface area contributed by atoms with Crippen LogP contribution in [0.4, 0.5) is 11.4 Å². The van der Waals surface area contributed by atoms with Gasteiger partial charge in [-0.25, -0.2) is 0 Å². The van der Waals surface area contributed by atoms with E-state index in [1.165, 1.54) is 0 Å². The zero-order chi connectivity index (χ0) is 24.6. The van der Waals surface area contributed by atoms with Crippen LogP contribution in [0.1, 0.15) is 15.9 Å². The van der Waals surface area contributed by atoms with Gasteiger partial charge in [0.1, 0.15) is 5.75 Å².